The quantitative estimate of drug-likeness (QED) is 0.536. The molecule has 0 unspecified atom stereocenters. The van der Waals surface area contributed by atoms with Crippen molar-refractivity contribution in [3.05, 3.63) is 61.7 Å². The van der Waals surface area contributed by atoms with Crippen molar-refractivity contribution in [3.63, 3.8) is 0 Å². The number of thiophene rings is 2. The smallest absolute Gasteiger partial charge is 0.324 e. The number of nitro groups is 1. The van der Waals surface area contributed by atoms with Gasteiger partial charge in [0.05, 0.1) is 27.0 Å². The van der Waals surface area contributed by atoms with Crippen LogP contribution in [-0.4, -0.2) is 15.1 Å². The topological polar surface area (TPSA) is 131 Å². The molecule has 1 atom stereocenters. The van der Waals surface area contributed by atoms with Gasteiger partial charge in [-0.25, -0.2) is 0 Å². The molecule has 0 saturated carbocycles. The van der Waals surface area contributed by atoms with Crippen molar-refractivity contribution in [2.24, 2.45) is 5.73 Å². The summed E-state index contributed by atoms with van der Waals surface area (Å²) < 4.78 is 5.49. The summed E-state index contributed by atoms with van der Waals surface area (Å²) in [4.78, 5) is 12.1. The molecule has 0 aliphatic carbocycles. The Labute approximate surface area is 148 Å². The van der Waals surface area contributed by atoms with Crippen LogP contribution in [0, 0.1) is 21.4 Å². The number of hydrogen-bond donors (Lipinski definition) is 2. The molecule has 0 amide bonds. The average molecular weight is 371 g/mol. The summed E-state index contributed by atoms with van der Waals surface area (Å²) in [6.45, 7) is 0. The van der Waals surface area contributed by atoms with E-state index in [0.29, 0.717) is 16.1 Å². The number of ether oxygens (including phenoxy) is 1. The Morgan fingerprint density at radius 3 is 2.92 bits per heavy atom. The molecule has 1 aliphatic heterocycles. The lowest BCUT2D eigenvalue weighted by Crippen LogP contribution is -2.20. The minimum atomic E-state index is -0.566. The highest BCUT2D eigenvalue weighted by Gasteiger charge is 2.37. The molecule has 0 spiro atoms. The van der Waals surface area contributed by atoms with Gasteiger partial charge in [-0.15, -0.1) is 16.4 Å². The lowest BCUT2D eigenvalue weighted by Gasteiger charge is -2.22. The third-order valence-corrected chi connectivity index (χ3v) is 5.77. The molecule has 4 heterocycles. The van der Waals surface area contributed by atoms with Gasteiger partial charge in [0.15, 0.2) is 0 Å². The number of nitrogens with one attached hydrogen (secondary N) is 1. The van der Waals surface area contributed by atoms with Crippen LogP contribution < -0.4 is 10.5 Å². The van der Waals surface area contributed by atoms with Gasteiger partial charge in [0.25, 0.3) is 0 Å². The van der Waals surface area contributed by atoms with Crippen molar-refractivity contribution in [1.82, 2.24) is 10.2 Å². The third-order valence-electron chi connectivity index (χ3n) is 3.78. The molecule has 10 heteroatoms. The van der Waals surface area contributed by atoms with Crippen LogP contribution >= 0.6 is 22.7 Å². The summed E-state index contributed by atoms with van der Waals surface area (Å²) in [5.74, 6) is -0.329. The van der Waals surface area contributed by atoms with Gasteiger partial charge in [-0.3, -0.25) is 15.2 Å². The van der Waals surface area contributed by atoms with Gasteiger partial charge >= 0.3 is 5.00 Å². The largest absolute Gasteiger partial charge is 0.420 e. The Bertz CT molecular complexity index is 1040. The molecule has 3 aromatic rings. The normalized spacial score (nSPS) is 16.2. The minimum absolute atomic E-state index is 0.0000663. The SMILES string of the molecule is N#CC1=C(N)Oc2n[nH]c(-c3cccs3)c2[C@@H]1c1ccc([N+](=O)[O-])s1. The molecule has 3 N–H and O–H groups in total. The van der Waals surface area contributed by atoms with Gasteiger partial charge in [-0.05, 0) is 17.5 Å². The van der Waals surface area contributed by atoms with E-state index in [1.807, 2.05) is 17.5 Å². The number of aromatic nitrogens is 2. The van der Waals surface area contributed by atoms with Crippen LogP contribution in [0.1, 0.15) is 16.4 Å². The molecule has 25 heavy (non-hydrogen) atoms. The van der Waals surface area contributed by atoms with E-state index in [-0.39, 0.29) is 22.3 Å². The van der Waals surface area contributed by atoms with Gasteiger partial charge < -0.3 is 10.5 Å². The fourth-order valence-corrected chi connectivity index (χ4v) is 4.41. The molecule has 1 aliphatic rings. The predicted octanol–water partition coefficient (Wildman–Crippen LogP) is 3.33. The first-order chi connectivity index (χ1) is 12.1. The summed E-state index contributed by atoms with van der Waals surface area (Å²) in [6.07, 6.45) is 0. The second-order valence-electron chi connectivity index (χ2n) is 5.15. The summed E-state index contributed by atoms with van der Waals surface area (Å²) in [7, 11) is 0. The number of rotatable bonds is 3. The van der Waals surface area contributed by atoms with Crippen molar-refractivity contribution in [3.8, 4) is 22.5 Å². The van der Waals surface area contributed by atoms with E-state index in [1.54, 1.807) is 6.07 Å². The Morgan fingerprint density at radius 2 is 2.28 bits per heavy atom. The number of nitrogens with two attached hydrogens (primary N) is 1. The Morgan fingerprint density at radius 1 is 1.44 bits per heavy atom. The Balaban J connectivity index is 1.94. The summed E-state index contributed by atoms with van der Waals surface area (Å²) >= 11 is 2.52. The fraction of sp³-hybridized carbons (Fsp3) is 0.0667. The maximum absolute atomic E-state index is 11.0. The molecule has 124 valence electrons. The van der Waals surface area contributed by atoms with Crippen molar-refractivity contribution in [2.45, 2.75) is 5.92 Å². The number of H-pyrrole nitrogens is 1. The number of nitrogens with zero attached hydrogens (tertiary/aromatic N) is 3. The molecule has 3 aromatic heterocycles. The fourth-order valence-electron chi connectivity index (χ4n) is 2.73. The lowest BCUT2D eigenvalue weighted by molar-refractivity contribution is -0.380. The van der Waals surface area contributed by atoms with Crippen molar-refractivity contribution in [1.29, 1.82) is 5.26 Å². The van der Waals surface area contributed by atoms with Gasteiger partial charge in [0, 0.05) is 10.9 Å². The molecule has 0 fully saturated rings. The molecule has 0 aromatic carbocycles. The van der Waals surface area contributed by atoms with E-state index in [0.717, 1.165) is 16.2 Å². The van der Waals surface area contributed by atoms with Crippen LogP contribution in [0.25, 0.3) is 10.6 Å². The van der Waals surface area contributed by atoms with Crippen LogP contribution in [0.3, 0.4) is 0 Å². The maximum atomic E-state index is 11.0. The maximum Gasteiger partial charge on any atom is 0.324 e. The number of nitriles is 1. The van der Waals surface area contributed by atoms with E-state index in [2.05, 4.69) is 16.3 Å². The average Bonchev–Trinajstić information content (AvgIpc) is 3.32. The van der Waals surface area contributed by atoms with Gasteiger partial charge in [0.2, 0.25) is 11.8 Å². The highest BCUT2D eigenvalue weighted by atomic mass is 32.1. The highest BCUT2D eigenvalue weighted by Crippen LogP contribution is 2.48. The molecule has 4 rings (SSSR count). The van der Waals surface area contributed by atoms with E-state index in [4.69, 9.17) is 10.5 Å². The van der Waals surface area contributed by atoms with Crippen LogP contribution in [0.2, 0.25) is 0 Å². The number of aromatic amines is 1. The molecular formula is C15H9N5O3S2. The summed E-state index contributed by atoms with van der Waals surface area (Å²) in [5.41, 5.74) is 7.46. The predicted molar refractivity (Wildman–Crippen MR) is 92.2 cm³/mol. The van der Waals surface area contributed by atoms with Crippen LogP contribution in [0.15, 0.2) is 41.1 Å². The highest BCUT2D eigenvalue weighted by molar-refractivity contribution is 7.15. The van der Waals surface area contributed by atoms with E-state index in [9.17, 15) is 15.4 Å². The van der Waals surface area contributed by atoms with Crippen molar-refractivity contribution < 1.29 is 9.66 Å². The first-order valence-electron chi connectivity index (χ1n) is 7.04. The van der Waals surface area contributed by atoms with E-state index in [1.165, 1.54) is 17.4 Å². The Hall–Kier alpha value is -3.16. The standard InChI is InChI=1S/C15H9N5O3S2/c16-6-7-11(8-3-4-10(25-8)20(21)22)12-13(9-2-1-5-24-9)18-19-15(12)23-14(7)17/h1-5,11H,17H2,(H,18,19)/t11-/m0/s1. The van der Waals surface area contributed by atoms with Crippen LogP contribution in [0.4, 0.5) is 5.00 Å². The monoisotopic (exact) mass is 371 g/mol. The molecule has 8 nitrogen and oxygen atoms in total. The summed E-state index contributed by atoms with van der Waals surface area (Å²) in [6, 6.07) is 8.95. The summed E-state index contributed by atoms with van der Waals surface area (Å²) in [5, 5.41) is 29.6. The van der Waals surface area contributed by atoms with Crippen molar-refractivity contribution >= 4 is 27.7 Å². The first kappa shape index (κ1) is 15.4. The lowest BCUT2D eigenvalue weighted by atomic mass is 9.88. The molecule has 0 bridgehead atoms. The van der Waals surface area contributed by atoms with E-state index < -0.39 is 10.8 Å². The van der Waals surface area contributed by atoms with Crippen LogP contribution in [-0.2, 0) is 0 Å². The number of allylic oxidation sites excluding steroid dienone is 1. The van der Waals surface area contributed by atoms with E-state index >= 15 is 0 Å². The Kier molecular flexibility index (Phi) is 3.52. The third kappa shape index (κ3) is 2.37. The minimum Gasteiger partial charge on any atom is -0.420 e. The first-order valence-corrected chi connectivity index (χ1v) is 8.73. The number of fused-ring (bicyclic) bond motifs is 1. The zero-order chi connectivity index (χ0) is 17.6. The molecular weight excluding hydrogens is 362 g/mol. The van der Waals surface area contributed by atoms with Crippen molar-refractivity contribution in [2.75, 3.05) is 0 Å². The van der Waals surface area contributed by atoms with Gasteiger partial charge in [0.1, 0.15) is 11.6 Å². The second-order valence-corrected chi connectivity index (χ2v) is 7.19. The molecule has 0 saturated heterocycles. The van der Waals surface area contributed by atoms with Gasteiger partial charge in [-0.2, -0.15) is 5.26 Å². The van der Waals surface area contributed by atoms with Crippen LogP contribution in [0.5, 0.6) is 5.88 Å². The zero-order valence-electron chi connectivity index (χ0n) is 12.4. The molecule has 0 radical (unpaired) electrons. The van der Waals surface area contributed by atoms with Gasteiger partial charge in [-0.1, -0.05) is 17.4 Å². The zero-order valence-corrected chi connectivity index (χ0v) is 14.1. The second kappa shape index (κ2) is 5.73. The number of hydrogen-bond acceptors (Lipinski definition) is 8.